The van der Waals surface area contributed by atoms with Gasteiger partial charge in [0.15, 0.2) is 0 Å². The first-order valence-electron chi connectivity index (χ1n) is 2.56. The van der Waals surface area contributed by atoms with Crippen molar-refractivity contribution in [1.82, 2.24) is 0 Å². The molecule has 2 atom stereocenters. The third kappa shape index (κ3) is 7.69. The summed E-state index contributed by atoms with van der Waals surface area (Å²) < 4.78 is 11.5. The molecule has 0 spiro atoms. The van der Waals surface area contributed by atoms with Crippen molar-refractivity contribution in [3.05, 3.63) is 0 Å². The van der Waals surface area contributed by atoms with Crippen LogP contribution in [0.4, 0.5) is 9.18 Å². The first kappa shape index (κ1) is 8.69. The van der Waals surface area contributed by atoms with Crippen LogP contribution in [0.1, 0.15) is 13.3 Å². The molecule has 0 bridgehead atoms. The van der Waals surface area contributed by atoms with Gasteiger partial charge in [0.1, 0.15) is 6.17 Å². The number of carbonyl (C=O) groups is 1. The summed E-state index contributed by atoms with van der Waals surface area (Å²) in [4.78, 5) is 8.77. The highest BCUT2D eigenvalue weighted by molar-refractivity contribution is 6.60. The minimum atomic E-state index is -1.36. The molecule has 54 valence electrons. The summed E-state index contributed by atoms with van der Waals surface area (Å²) in [6.45, 7) is 1.92. The average molecular weight is 155 g/mol. The van der Waals surface area contributed by atoms with Crippen LogP contribution in [0.3, 0.4) is 0 Å². The first-order valence-corrected chi connectivity index (χ1v) is 2.94. The molecule has 2 unspecified atom stereocenters. The van der Waals surface area contributed by atoms with Crippen molar-refractivity contribution >= 4 is 17.0 Å². The van der Waals surface area contributed by atoms with E-state index < -0.39 is 11.6 Å². The molecule has 2 nitrogen and oxygen atoms in total. The molecule has 1 aliphatic rings. The molecule has 1 aliphatic carbocycles. The monoisotopic (exact) mass is 154 g/mol. The van der Waals surface area contributed by atoms with Gasteiger partial charge in [0.2, 0.25) is 0 Å². The SMILES string of the molecule is CC1CC1F.O=C(O)Cl. The van der Waals surface area contributed by atoms with Gasteiger partial charge >= 0.3 is 5.43 Å². The van der Waals surface area contributed by atoms with Gasteiger partial charge in [-0.3, -0.25) is 0 Å². The van der Waals surface area contributed by atoms with Crippen LogP contribution in [0.5, 0.6) is 0 Å². The lowest BCUT2D eigenvalue weighted by atomic mass is 10.5. The summed E-state index contributed by atoms with van der Waals surface area (Å²) in [7, 11) is 0. The number of halogens is 2. The molecule has 0 aromatic heterocycles. The van der Waals surface area contributed by atoms with Crippen molar-refractivity contribution in [2.75, 3.05) is 0 Å². The maximum absolute atomic E-state index is 11.5. The predicted molar refractivity (Wildman–Crippen MR) is 32.6 cm³/mol. The van der Waals surface area contributed by atoms with E-state index in [-0.39, 0.29) is 0 Å². The fraction of sp³-hybridized carbons (Fsp3) is 0.800. The molecule has 0 amide bonds. The molecule has 0 aliphatic heterocycles. The van der Waals surface area contributed by atoms with Gasteiger partial charge in [-0.25, -0.2) is 9.18 Å². The first-order chi connectivity index (χ1) is 4.04. The lowest BCUT2D eigenvalue weighted by molar-refractivity contribution is 0.220. The van der Waals surface area contributed by atoms with E-state index >= 15 is 0 Å². The fourth-order valence-corrected chi connectivity index (χ4v) is 0.277. The number of carboxylic acid groups (broad SMARTS) is 1. The summed E-state index contributed by atoms with van der Waals surface area (Å²) in [5.41, 5.74) is -1.36. The molecule has 0 aromatic carbocycles. The summed E-state index contributed by atoms with van der Waals surface area (Å²) in [5, 5.41) is 7.18. The smallest absolute Gasteiger partial charge is 0.401 e. The number of hydrogen-bond acceptors (Lipinski definition) is 1. The van der Waals surface area contributed by atoms with E-state index in [0.717, 1.165) is 6.42 Å². The fourth-order valence-electron chi connectivity index (χ4n) is 0.277. The molecule has 1 fully saturated rings. The summed E-state index contributed by atoms with van der Waals surface area (Å²) in [5.74, 6) is 0.384. The quantitative estimate of drug-likeness (QED) is 0.544. The maximum Gasteiger partial charge on any atom is 0.401 e. The molecular weight excluding hydrogens is 147 g/mol. The van der Waals surface area contributed by atoms with E-state index in [1.54, 1.807) is 0 Å². The van der Waals surface area contributed by atoms with Crippen molar-refractivity contribution in [2.24, 2.45) is 5.92 Å². The standard InChI is InChI=1S/C4H7F.CHClO2/c1-3-2-4(3)5;2-1(3)4/h3-4H,2H2,1H3;(H,3,4). The number of hydrogen-bond donors (Lipinski definition) is 1. The third-order valence-electron chi connectivity index (χ3n) is 1.01. The second-order valence-corrected chi connectivity index (χ2v) is 2.31. The highest BCUT2D eigenvalue weighted by atomic mass is 35.5. The molecule has 0 heterocycles. The van der Waals surface area contributed by atoms with Gasteiger partial charge in [-0.15, -0.1) is 0 Å². The van der Waals surface area contributed by atoms with Crippen LogP contribution < -0.4 is 0 Å². The van der Waals surface area contributed by atoms with Crippen LogP contribution in [-0.4, -0.2) is 16.7 Å². The van der Waals surface area contributed by atoms with Crippen LogP contribution >= 0.6 is 11.6 Å². The van der Waals surface area contributed by atoms with E-state index in [0.29, 0.717) is 5.92 Å². The molecule has 1 saturated carbocycles. The molecule has 1 rings (SSSR count). The van der Waals surface area contributed by atoms with Gasteiger partial charge in [0.25, 0.3) is 0 Å². The van der Waals surface area contributed by atoms with Crippen molar-refractivity contribution in [2.45, 2.75) is 19.5 Å². The topological polar surface area (TPSA) is 37.3 Å². The molecule has 4 heteroatoms. The average Bonchev–Trinajstić information content (AvgIpc) is 2.16. The van der Waals surface area contributed by atoms with Gasteiger partial charge in [0.05, 0.1) is 0 Å². The van der Waals surface area contributed by atoms with Crippen LogP contribution in [0.2, 0.25) is 0 Å². The normalized spacial score (nSPS) is 30.1. The molecule has 0 saturated heterocycles. The Hall–Kier alpha value is -0.310. The Morgan fingerprint density at radius 2 is 2.00 bits per heavy atom. The molecule has 9 heavy (non-hydrogen) atoms. The highest BCUT2D eigenvalue weighted by Gasteiger charge is 2.31. The lowest BCUT2D eigenvalue weighted by Gasteiger charge is -1.63. The van der Waals surface area contributed by atoms with Gasteiger partial charge in [-0.2, -0.15) is 0 Å². The van der Waals surface area contributed by atoms with Crippen LogP contribution in [-0.2, 0) is 0 Å². The molecule has 0 radical (unpaired) electrons. The van der Waals surface area contributed by atoms with Gasteiger partial charge in [-0.1, -0.05) is 6.92 Å². The van der Waals surface area contributed by atoms with Gasteiger partial charge in [0, 0.05) is 11.6 Å². The third-order valence-corrected chi connectivity index (χ3v) is 1.01. The Bertz CT molecular complexity index is 97.1. The van der Waals surface area contributed by atoms with Crippen molar-refractivity contribution in [3.8, 4) is 0 Å². The predicted octanol–water partition coefficient (Wildman–Crippen LogP) is 2.27. The zero-order valence-corrected chi connectivity index (χ0v) is 5.73. The van der Waals surface area contributed by atoms with Gasteiger partial charge < -0.3 is 5.11 Å². The van der Waals surface area contributed by atoms with E-state index in [1.165, 1.54) is 0 Å². The molecule has 1 N–H and O–H groups in total. The van der Waals surface area contributed by atoms with Gasteiger partial charge in [-0.05, 0) is 12.3 Å². The van der Waals surface area contributed by atoms with Crippen molar-refractivity contribution in [3.63, 3.8) is 0 Å². The Morgan fingerprint density at radius 1 is 1.89 bits per heavy atom. The highest BCUT2D eigenvalue weighted by Crippen LogP contribution is 2.32. The van der Waals surface area contributed by atoms with Crippen molar-refractivity contribution < 1.29 is 14.3 Å². The Labute approximate surface area is 57.6 Å². The zero-order chi connectivity index (χ0) is 7.44. The number of alkyl halides is 1. The summed E-state index contributed by atoms with van der Waals surface area (Å²) >= 11 is 4.19. The Balaban J connectivity index is 0.000000148. The molecule has 0 aromatic rings. The van der Waals surface area contributed by atoms with Crippen LogP contribution in [0.25, 0.3) is 0 Å². The largest absolute Gasteiger partial charge is 0.469 e. The Morgan fingerprint density at radius 3 is 2.00 bits per heavy atom. The Kier molecular flexibility index (Phi) is 3.54. The zero-order valence-electron chi connectivity index (χ0n) is 4.97. The summed E-state index contributed by atoms with van der Waals surface area (Å²) in [6.07, 6.45) is 0.356. The second-order valence-electron chi connectivity index (χ2n) is 1.98. The van der Waals surface area contributed by atoms with Crippen molar-refractivity contribution in [1.29, 1.82) is 0 Å². The van der Waals surface area contributed by atoms with E-state index in [9.17, 15) is 4.39 Å². The minimum absolute atomic E-state index is 0.384. The minimum Gasteiger partial charge on any atom is -0.469 e. The number of rotatable bonds is 0. The second kappa shape index (κ2) is 3.67. The van der Waals surface area contributed by atoms with Crippen LogP contribution in [0, 0.1) is 5.92 Å². The van der Waals surface area contributed by atoms with E-state index in [4.69, 9.17) is 9.90 Å². The molecular formula is C5H8ClFO2. The maximum atomic E-state index is 11.5. The van der Waals surface area contributed by atoms with E-state index in [1.807, 2.05) is 6.92 Å². The lowest BCUT2D eigenvalue weighted by Crippen LogP contribution is -1.66. The van der Waals surface area contributed by atoms with Crippen LogP contribution in [0.15, 0.2) is 0 Å². The summed E-state index contributed by atoms with van der Waals surface area (Å²) in [6, 6.07) is 0. The van der Waals surface area contributed by atoms with E-state index in [2.05, 4.69) is 11.6 Å².